The summed E-state index contributed by atoms with van der Waals surface area (Å²) in [6.07, 6.45) is -3.29. The van der Waals surface area contributed by atoms with E-state index in [2.05, 4.69) is 15.3 Å². The third kappa shape index (κ3) is 4.59. The van der Waals surface area contributed by atoms with E-state index in [9.17, 15) is 18.0 Å². The SMILES string of the molecule is Cc1cnc2nc(N[C@H](C)c3cc(N)cc(C(F)(F)F)c3)c3c(n12)CN(C(=O)OC(C)(C)C)C3. The van der Waals surface area contributed by atoms with Crippen molar-refractivity contribution in [3.05, 3.63) is 52.5 Å². The van der Waals surface area contributed by atoms with E-state index in [0.29, 0.717) is 23.7 Å². The topological polar surface area (TPSA) is 97.8 Å². The van der Waals surface area contributed by atoms with Crippen molar-refractivity contribution < 1.29 is 22.7 Å². The molecule has 0 saturated carbocycles. The second kappa shape index (κ2) is 8.07. The van der Waals surface area contributed by atoms with Gasteiger partial charge in [-0.2, -0.15) is 18.2 Å². The summed E-state index contributed by atoms with van der Waals surface area (Å²) in [5, 5.41) is 3.21. The van der Waals surface area contributed by atoms with Gasteiger partial charge in [-0.3, -0.25) is 9.30 Å². The van der Waals surface area contributed by atoms with Gasteiger partial charge in [0.05, 0.1) is 36.6 Å². The van der Waals surface area contributed by atoms with Crippen LogP contribution in [0.3, 0.4) is 0 Å². The van der Waals surface area contributed by atoms with E-state index in [1.54, 1.807) is 38.8 Å². The number of halogens is 3. The maximum atomic E-state index is 13.3. The average molecular weight is 477 g/mol. The minimum atomic E-state index is -4.51. The molecular formula is C23H27F3N6O2. The van der Waals surface area contributed by atoms with Crippen LogP contribution in [0.5, 0.6) is 0 Å². The fourth-order valence-corrected chi connectivity index (χ4v) is 3.99. The summed E-state index contributed by atoms with van der Waals surface area (Å²) in [5.41, 5.74) is 7.10. The van der Waals surface area contributed by atoms with Gasteiger partial charge >= 0.3 is 12.3 Å². The molecule has 1 aliphatic rings. The van der Waals surface area contributed by atoms with Crippen molar-refractivity contribution in [2.75, 3.05) is 11.1 Å². The number of nitrogen functional groups attached to an aromatic ring is 1. The number of aryl methyl sites for hydroxylation is 1. The maximum absolute atomic E-state index is 13.3. The van der Waals surface area contributed by atoms with Crippen molar-refractivity contribution in [3.63, 3.8) is 0 Å². The minimum absolute atomic E-state index is 0.0205. The molecule has 3 heterocycles. The Balaban J connectivity index is 1.70. The highest BCUT2D eigenvalue weighted by Crippen LogP contribution is 2.35. The van der Waals surface area contributed by atoms with Gasteiger partial charge < -0.3 is 15.8 Å². The van der Waals surface area contributed by atoms with Gasteiger partial charge in [-0.1, -0.05) is 0 Å². The zero-order chi connectivity index (χ0) is 25.0. The van der Waals surface area contributed by atoms with Crippen molar-refractivity contribution in [3.8, 4) is 0 Å². The average Bonchev–Trinajstić information content (AvgIpc) is 3.29. The van der Waals surface area contributed by atoms with Gasteiger partial charge in [-0.25, -0.2) is 9.78 Å². The molecule has 0 bridgehead atoms. The van der Waals surface area contributed by atoms with E-state index in [4.69, 9.17) is 10.5 Å². The Bertz CT molecular complexity index is 1260. The van der Waals surface area contributed by atoms with Crippen molar-refractivity contribution in [2.24, 2.45) is 0 Å². The summed E-state index contributed by atoms with van der Waals surface area (Å²) in [4.78, 5) is 23.2. The molecule has 0 radical (unpaired) electrons. The number of amides is 1. The molecule has 4 rings (SSSR count). The molecule has 1 aliphatic heterocycles. The lowest BCUT2D eigenvalue weighted by Crippen LogP contribution is -2.33. The fourth-order valence-electron chi connectivity index (χ4n) is 3.99. The first-order valence-corrected chi connectivity index (χ1v) is 10.8. The van der Waals surface area contributed by atoms with E-state index in [1.165, 1.54) is 6.07 Å². The fraction of sp³-hybridized carbons (Fsp3) is 0.435. The van der Waals surface area contributed by atoms with Gasteiger partial charge in [0.15, 0.2) is 0 Å². The summed E-state index contributed by atoms with van der Waals surface area (Å²) in [5.74, 6) is 0.878. The van der Waals surface area contributed by atoms with Gasteiger partial charge in [-0.15, -0.1) is 0 Å². The molecule has 1 aromatic carbocycles. The Labute approximate surface area is 194 Å². The zero-order valence-electron chi connectivity index (χ0n) is 19.6. The molecule has 0 saturated heterocycles. The van der Waals surface area contributed by atoms with Crippen LogP contribution in [0.4, 0.5) is 29.5 Å². The number of imidazole rings is 1. The molecule has 11 heteroatoms. The van der Waals surface area contributed by atoms with E-state index in [0.717, 1.165) is 29.1 Å². The highest BCUT2D eigenvalue weighted by atomic mass is 19.4. The molecule has 2 aromatic heterocycles. The van der Waals surface area contributed by atoms with Gasteiger partial charge in [0.2, 0.25) is 5.78 Å². The van der Waals surface area contributed by atoms with Gasteiger partial charge in [0.25, 0.3) is 0 Å². The molecule has 34 heavy (non-hydrogen) atoms. The van der Waals surface area contributed by atoms with Crippen LogP contribution in [0.25, 0.3) is 5.78 Å². The third-order valence-corrected chi connectivity index (χ3v) is 5.53. The molecule has 0 fully saturated rings. The van der Waals surface area contributed by atoms with Crippen LogP contribution < -0.4 is 11.1 Å². The lowest BCUT2D eigenvalue weighted by molar-refractivity contribution is -0.137. The minimum Gasteiger partial charge on any atom is -0.444 e. The first-order valence-electron chi connectivity index (χ1n) is 10.8. The Hall–Kier alpha value is -3.50. The van der Waals surface area contributed by atoms with E-state index < -0.39 is 29.5 Å². The summed E-state index contributed by atoms with van der Waals surface area (Å²) in [6, 6.07) is 2.93. The second-order valence-corrected chi connectivity index (χ2v) is 9.51. The number of benzene rings is 1. The molecule has 0 unspecified atom stereocenters. The number of aromatic nitrogens is 3. The predicted octanol–water partition coefficient (Wildman–Crippen LogP) is 5.06. The molecule has 182 valence electrons. The van der Waals surface area contributed by atoms with Gasteiger partial charge in [0.1, 0.15) is 11.4 Å². The Morgan fingerprint density at radius 3 is 2.56 bits per heavy atom. The van der Waals surface area contributed by atoms with Crippen LogP contribution in [0, 0.1) is 6.92 Å². The number of anilines is 2. The molecule has 3 aromatic rings. The van der Waals surface area contributed by atoms with Crippen molar-refractivity contribution in [1.29, 1.82) is 0 Å². The van der Waals surface area contributed by atoms with Crippen LogP contribution >= 0.6 is 0 Å². The third-order valence-electron chi connectivity index (χ3n) is 5.53. The van der Waals surface area contributed by atoms with Crippen LogP contribution in [0.15, 0.2) is 24.4 Å². The number of alkyl halides is 3. The molecule has 1 atom stereocenters. The number of hydrogen-bond acceptors (Lipinski definition) is 6. The van der Waals surface area contributed by atoms with Crippen molar-refractivity contribution in [2.45, 2.75) is 65.5 Å². The first-order chi connectivity index (χ1) is 15.7. The number of hydrogen-bond donors (Lipinski definition) is 2. The smallest absolute Gasteiger partial charge is 0.416 e. The largest absolute Gasteiger partial charge is 0.444 e. The van der Waals surface area contributed by atoms with Gasteiger partial charge in [0, 0.05) is 16.9 Å². The lowest BCUT2D eigenvalue weighted by Gasteiger charge is -2.24. The number of nitrogens with zero attached hydrogens (tertiary/aromatic N) is 4. The van der Waals surface area contributed by atoms with Crippen LogP contribution in [-0.2, 0) is 24.0 Å². The van der Waals surface area contributed by atoms with Crippen molar-refractivity contribution in [1.82, 2.24) is 19.3 Å². The molecule has 1 amide bonds. The first kappa shape index (κ1) is 23.7. The van der Waals surface area contributed by atoms with Crippen molar-refractivity contribution >= 4 is 23.4 Å². The number of rotatable bonds is 3. The maximum Gasteiger partial charge on any atom is 0.416 e. The summed E-state index contributed by atoms with van der Waals surface area (Å²) in [7, 11) is 0. The molecule has 0 spiro atoms. The van der Waals surface area contributed by atoms with Crippen LogP contribution in [0.2, 0.25) is 0 Å². The molecular weight excluding hydrogens is 449 g/mol. The Morgan fingerprint density at radius 1 is 1.21 bits per heavy atom. The number of nitrogens with two attached hydrogens (primary N) is 1. The number of nitrogens with one attached hydrogen (secondary N) is 1. The standard InChI is InChI=1S/C23H27F3N6O2/c1-12-9-28-20-30-19(29-13(2)14-6-15(23(24,25)26)8-16(27)7-14)17-10-31(11-18(17)32(12)20)21(33)34-22(3,4)5/h6-9,13H,10-11,27H2,1-5H3,(H,28,29,30)/t13-/m1/s1. The van der Waals surface area contributed by atoms with E-state index >= 15 is 0 Å². The zero-order valence-corrected chi connectivity index (χ0v) is 19.6. The molecule has 0 aliphatic carbocycles. The summed E-state index contributed by atoms with van der Waals surface area (Å²) < 4.78 is 47.2. The summed E-state index contributed by atoms with van der Waals surface area (Å²) >= 11 is 0. The Morgan fingerprint density at radius 2 is 1.91 bits per heavy atom. The molecule has 8 nitrogen and oxygen atoms in total. The predicted molar refractivity (Wildman–Crippen MR) is 121 cm³/mol. The quantitative estimate of drug-likeness (QED) is 0.513. The highest BCUT2D eigenvalue weighted by Gasteiger charge is 2.34. The summed E-state index contributed by atoms with van der Waals surface area (Å²) in [6.45, 7) is 9.53. The number of carbonyl (C=O) groups excluding carboxylic acids is 1. The van der Waals surface area contributed by atoms with E-state index in [1.807, 2.05) is 11.3 Å². The van der Waals surface area contributed by atoms with Gasteiger partial charge in [-0.05, 0) is 58.4 Å². The highest BCUT2D eigenvalue weighted by molar-refractivity contribution is 5.70. The Kier molecular flexibility index (Phi) is 5.61. The van der Waals surface area contributed by atoms with Crippen LogP contribution in [-0.4, -0.2) is 31.0 Å². The van der Waals surface area contributed by atoms with Crippen LogP contribution in [0.1, 0.15) is 61.8 Å². The number of carbonyl (C=O) groups is 1. The normalized spacial score (nSPS) is 14.9. The number of ether oxygens (including phenoxy) is 1. The monoisotopic (exact) mass is 476 g/mol. The second-order valence-electron chi connectivity index (χ2n) is 9.51. The number of fused-ring (bicyclic) bond motifs is 3. The molecule has 3 N–H and O–H groups in total. The van der Waals surface area contributed by atoms with E-state index in [-0.39, 0.29) is 12.2 Å². The lowest BCUT2D eigenvalue weighted by atomic mass is 10.0.